The highest BCUT2D eigenvalue weighted by atomic mass is 32.1. The lowest BCUT2D eigenvalue weighted by atomic mass is 10.3. The summed E-state index contributed by atoms with van der Waals surface area (Å²) in [5, 5.41) is 1.86. The number of aromatic nitrogens is 3. The summed E-state index contributed by atoms with van der Waals surface area (Å²) in [5.74, 6) is 5.88. The van der Waals surface area contributed by atoms with Crippen molar-refractivity contribution < 1.29 is 0 Å². The molecule has 0 aliphatic heterocycles. The van der Waals surface area contributed by atoms with Crippen LogP contribution in [0.25, 0.3) is 10.2 Å². The highest BCUT2D eigenvalue weighted by Gasteiger charge is 2.06. The third-order valence-electron chi connectivity index (χ3n) is 2.72. The Bertz CT molecular complexity index is 779. The molecule has 3 aromatic heterocycles. The number of nitrogens with two attached hydrogens (primary N) is 1. The fraction of sp³-hybridized carbons (Fsp3) is 0.0833. The summed E-state index contributed by atoms with van der Waals surface area (Å²) in [5.41, 5.74) is 3.91. The van der Waals surface area contributed by atoms with E-state index in [-0.39, 0.29) is 5.56 Å². The van der Waals surface area contributed by atoms with Crippen molar-refractivity contribution >= 4 is 27.4 Å². The van der Waals surface area contributed by atoms with Gasteiger partial charge in [-0.05, 0) is 23.6 Å². The average Bonchev–Trinajstić information content (AvgIpc) is 2.91. The van der Waals surface area contributed by atoms with Crippen LogP contribution in [-0.2, 0) is 6.54 Å². The minimum atomic E-state index is -0.0482. The molecule has 6 nitrogen and oxygen atoms in total. The van der Waals surface area contributed by atoms with E-state index < -0.39 is 0 Å². The number of hydrazine groups is 1. The summed E-state index contributed by atoms with van der Waals surface area (Å²) in [4.78, 5) is 20.7. The molecule has 19 heavy (non-hydrogen) atoms. The zero-order valence-corrected chi connectivity index (χ0v) is 10.7. The maximum Gasteiger partial charge on any atom is 0.271 e. The lowest BCUT2D eigenvalue weighted by molar-refractivity contribution is 0.731. The topological polar surface area (TPSA) is 85.8 Å². The van der Waals surface area contributed by atoms with Crippen LogP contribution < -0.4 is 16.8 Å². The van der Waals surface area contributed by atoms with Gasteiger partial charge in [0.05, 0.1) is 24.1 Å². The van der Waals surface area contributed by atoms with Crippen LogP contribution in [0.1, 0.15) is 5.69 Å². The molecular weight excluding hydrogens is 262 g/mol. The van der Waals surface area contributed by atoms with Crippen LogP contribution in [0.2, 0.25) is 0 Å². The fourth-order valence-electron chi connectivity index (χ4n) is 1.81. The first-order chi connectivity index (χ1) is 9.28. The number of nitrogens with one attached hydrogen (secondary N) is 1. The Kier molecular flexibility index (Phi) is 2.98. The van der Waals surface area contributed by atoms with E-state index in [1.54, 1.807) is 17.0 Å². The Hall–Kier alpha value is -2.25. The van der Waals surface area contributed by atoms with Crippen molar-refractivity contribution in [2.45, 2.75) is 6.54 Å². The van der Waals surface area contributed by atoms with Gasteiger partial charge in [0.15, 0.2) is 0 Å². The van der Waals surface area contributed by atoms with Crippen LogP contribution in [0.5, 0.6) is 0 Å². The normalized spacial score (nSPS) is 10.8. The molecule has 0 radical (unpaired) electrons. The van der Waals surface area contributed by atoms with Gasteiger partial charge in [0.1, 0.15) is 10.5 Å². The largest absolute Gasteiger partial charge is 0.308 e. The van der Waals surface area contributed by atoms with Crippen molar-refractivity contribution in [2.24, 2.45) is 5.84 Å². The Labute approximate surface area is 112 Å². The zero-order valence-electron chi connectivity index (χ0n) is 9.91. The quantitative estimate of drug-likeness (QED) is 0.553. The lowest BCUT2D eigenvalue weighted by Gasteiger charge is -2.06. The maximum absolute atomic E-state index is 12.2. The third kappa shape index (κ3) is 2.20. The molecule has 3 N–H and O–H groups in total. The van der Waals surface area contributed by atoms with Gasteiger partial charge in [-0.25, -0.2) is 15.8 Å². The average molecular weight is 273 g/mol. The fourth-order valence-corrected chi connectivity index (χ4v) is 2.61. The van der Waals surface area contributed by atoms with Crippen LogP contribution in [0.15, 0.2) is 40.8 Å². The van der Waals surface area contributed by atoms with E-state index in [9.17, 15) is 4.79 Å². The molecule has 3 aromatic rings. The number of pyridine rings is 1. The molecule has 0 aromatic carbocycles. The highest BCUT2D eigenvalue weighted by Crippen LogP contribution is 2.13. The number of fused-ring (bicyclic) bond motifs is 1. The molecule has 0 aliphatic carbocycles. The molecule has 0 saturated heterocycles. The van der Waals surface area contributed by atoms with Gasteiger partial charge < -0.3 is 5.43 Å². The number of nitrogen functional groups attached to an aromatic ring is 1. The molecule has 0 saturated carbocycles. The van der Waals surface area contributed by atoms with Crippen molar-refractivity contribution in [1.82, 2.24) is 14.5 Å². The standard InChI is InChI=1S/C12H11N5OS/c13-16-10-3-1-2-8(15-10)6-17-7-14-9-4-5-19-11(9)12(17)18/h1-5,7H,6,13H2,(H,15,16). The van der Waals surface area contributed by atoms with Crippen molar-refractivity contribution in [1.29, 1.82) is 0 Å². The highest BCUT2D eigenvalue weighted by molar-refractivity contribution is 7.17. The number of hydrogen-bond donors (Lipinski definition) is 2. The van der Waals surface area contributed by atoms with E-state index in [0.29, 0.717) is 17.1 Å². The molecule has 3 heterocycles. The van der Waals surface area contributed by atoms with Crippen molar-refractivity contribution in [3.63, 3.8) is 0 Å². The van der Waals surface area contributed by atoms with E-state index in [1.807, 2.05) is 23.6 Å². The molecule has 0 spiro atoms. The van der Waals surface area contributed by atoms with Crippen LogP contribution in [0.3, 0.4) is 0 Å². The second-order valence-electron chi connectivity index (χ2n) is 3.97. The number of hydrogen-bond acceptors (Lipinski definition) is 6. The summed E-state index contributed by atoms with van der Waals surface area (Å²) in [6, 6.07) is 7.27. The molecule has 3 rings (SSSR count). The molecule has 0 atom stereocenters. The van der Waals surface area contributed by atoms with Crippen LogP contribution >= 0.6 is 11.3 Å². The zero-order chi connectivity index (χ0) is 13.2. The van der Waals surface area contributed by atoms with Crippen LogP contribution in [0, 0.1) is 0 Å². The summed E-state index contributed by atoms with van der Waals surface area (Å²) in [6.45, 7) is 0.370. The molecule has 96 valence electrons. The summed E-state index contributed by atoms with van der Waals surface area (Å²) in [6.07, 6.45) is 1.54. The van der Waals surface area contributed by atoms with Gasteiger partial charge in [-0.15, -0.1) is 11.3 Å². The van der Waals surface area contributed by atoms with Crippen molar-refractivity contribution in [2.75, 3.05) is 5.43 Å². The van der Waals surface area contributed by atoms with Gasteiger partial charge >= 0.3 is 0 Å². The number of anilines is 1. The summed E-state index contributed by atoms with van der Waals surface area (Å²) < 4.78 is 2.21. The van der Waals surface area contributed by atoms with Gasteiger partial charge in [-0.2, -0.15) is 0 Å². The minimum Gasteiger partial charge on any atom is -0.308 e. The monoisotopic (exact) mass is 273 g/mol. The Morgan fingerprint density at radius 2 is 2.26 bits per heavy atom. The second-order valence-corrected chi connectivity index (χ2v) is 4.89. The van der Waals surface area contributed by atoms with Gasteiger partial charge in [-0.3, -0.25) is 9.36 Å². The SMILES string of the molecule is NNc1cccc(Cn2cnc3ccsc3c2=O)n1. The predicted octanol–water partition coefficient (Wildman–Crippen LogP) is 1.19. The predicted molar refractivity (Wildman–Crippen MR) is 75.0 cm³/mol. The van der Waals surface area contributed by atoms with E-state index in [4.69, 9.17) is 5.84 Å². The lowest BCUT2D eigenvalue weighted by Crippen LogP contribution is -2.21. The van der Waals surface area contributed by atoms with Crippen molar-refractivity contribution in [3.8, 4) is 0 Å². The number of nitrogens with zero attached hydrogens (tertiary/aromatic N) is 3. The molecule has 0 amide bonds. The van der Waals surface area contributed by atoms with Gasteiger partial charge in [-0.1, -0.05) is 6.07 Å². The van der Waals surface area contributed by atoms with Gasteiger partial charge in [0.25, 0.3) is 5.56 Å². The Morgan fingerprint density at radius 3 is 3.11 bits per heavy atom. The van der Waals surface area contributed by atoms with E-state index in [1.165, 1.54) is 11.3 Å². The Morgan fingerprint density at radius 1 is 1.37 bits per heavy atom. The van der Waals surface area contributed by atoms with Crippen LogP contribution in [-0.4, -0.2) is 14.5 Å². The van der Waals surface area contributed by atoms with E-state index >= 15 is 0 Å². The number of thiophene rings is 1. The molecule has 0 bridgehead atoms. The molecule has 0 aliphatic rings. The van der Waals surface area contributed by atoms with Crippen molar-refractivity contribution in [3.05, 3.63) is 52.0 Å². The molecule has 0 unspecified atom stereocenters. The molecular formula is C12H11N5OS. The summed E-state index contributed by atoms with van der Waals surface area (Å²) >= 11 is 1.40. The number of rotatable bonds is 3. The maximum atomic E-state index is 12.2. The van der Waals surface area contributed by atoms with Gasteiger partial charge in [0.2, 0.25) is 0 Å². The smallest absolute Gasteiger partial charge is 0.271 e. The first-order valence-electron chi connectivity index (χ1n) is 5.63. The summed E-state index contributed by atoms with van der Waals surface area (Å²) in [7, 11) is 0. The Balaban J connectivity index is 2.00. The minimum absolute atomic E-state index is 0.0482. The molecule has 0 fully saturated rings. The first kappa shape index (κ1) is 11.8. The third-order valence-corrected chi connectivity index (χ3v) is 3.61. The molecule has 7 heteroatoms. The van der Waals surface area contributed by atoms with Gasteiger partial charge in [0, 0.05) is 0 Å². The van der Waals surface area contributed by atoms with E-state index in [2.05, 4.69) is 15.4 Å². The van der Waals surface area contributed by atoms with Crippen LogP contribution in [0.4, 0.5) is 5.82 Å². The van der Waals surface area contributed by atoms with E-state index in [0.717, 1.165) is 11.2 Å². The second kappa shape index (κ2) is 4.79. The first-order valence-corrected chi connectivity index (χ1v) is 6.51.